The summed E-state index contributed by atoms with van der Waals surface area (Å²) in [5, 5.41) is 2.72. The molecule has 0 aliphatic carbocycles. The van der Waals surface area contributed by atoms with Crippen molar-refractivity contribution in [1.29, 1.82) is 0 Å². The molecule has 3 aromatic rings. The number of nitrogens with one attached hydrogen (secondary N) is 1. The van der Waals surface area contributed by atoms with Crippen molar-refractivity contribution in [3.63, 3.8) is 0 Å². The molecular formula is C28H25N3O6. The summed E-state index contributed by atoms with van der Waals surface area (Å²) >= 11 is 0. The highest BCUT2D eigenvalue weighted by molar-refractivity contribution is 6.22. The molecule has 0 bridgehead atoms. The van der Waals surface area contributed by atoms with E-state index in [1.165, 1.54) is 0 Å². The minimum absolute atomic E-state index is 0.193. The van der Waals surface area contributed by atoms with Crippen LogP contribution in [0.4, 0.5) is 11.4 Å². The van der Waals surface area contributed by atoms with E-state index >= 15 is 0 Å². The van der Waals surface area contributed by atoms with Gasteiger partial charge in [-0.15, -0.1) is 0 Å². The number of benzene rings is 3. The van der Waals surface area contributed by atoms with Crippen molar-refractivity contribution in [2.45, 2.75) is 19.4 Å². The smallest absolute Gasteiger partial charge is 0.267 e. The third-order valence-corrected chi connectivity index (χ3v) is 6.17. The van der Waals surface area contributed by atoms with Gasteiger partial charge in [0.2, 0.25) is 5.91 Å². The molecule has 0 aromatic heterocycles. The van der Waals surface area contributed by atoms with Crippen LogP contribution in [0.5, 0.6) is 11.5 Å². The summed E-state index contributed by atoms with van der Waals surface area (Å²) < 4.78 is 11.5. The van der Waals surface area contributed by atoms with Gasteiger partial charge in [-0.1, -0.05) is 30.3 Å². The average molecular weight is 500 g/mol. The zero-order valence-electron chi connectivity index (χ0n) is 20.2. The molecule has 0 fully saturated rings. The van der Waals surface area contributed by atoms with Gasteiger partial charge in [0, 0.05) is 12.2 Å². The van der Waals surface area contributed by atoms with Gasteiger partial charge >= 0.3 is 0 Å². The zero-order valence-corrected chi connectivity index (χ0v) is 20.2. The molecule has 0 spiro atoms. The Bertz CT molecular complexity index is 1340. The number of fused-ring (bicyclic) bond motifs is 2. The molecule has 9 heteroatoms. The van der Waals surface area contributed by atoms with E-state index in [-0.39, 0.29) is 17.0 Å². The molecule has 37 heavy (non-hydrogen) atoms. The number of ether oxygens (including phenoxy) is 2. The van der Waals surface area contributed by atoms with Crippen LogP contribution in [0, 0.1) is 0 Å². The number of carbonyl (C=O) groups is 4. The average Bonchev–Trinajstić information content (AvgIpc) is 3.14. The fraction of sp³-hybridized carbons (Fsp3) is 0.214. The predicted molar refractivity (Wildman–Crippen MR) is 136 cm³/mol. The first-order valence-electron chi connectivity index (χ1n) is 12.0. The molecule has 1 N–H and O–H groups in total. The maximum Gasteiger partial charge on any atom is 0.267 e. The van der Waals surface area contributed by atoms with Crippen LogP contribution in [0.1, 0.15) is 34.1 Å². The highest BCUT2D eigenvalue weighted by Gasteiger charge is 2.36. The molecule has 0 saturated heterocycles. The number of anilines is 2. The highest BCUT2D eigenvalue weighted by Crippen LogP contribution is 2.36. The molecular weight excluding hydrogens is 474 g/mol. The summed E-state index contributed by atoms with van der Waals surface area (Å²) in [5.74, 6) is -0.450. The monoisotopic (exact) mass is 499 g/mol. The van der Waals surface area contributed by atoms with Crippen LogP contribution in [-0.4, -0.2) is 54.3 Å². The fourth-order valence-corrected chi connectivity index (χ4v) is 4.37. The van der Waals surface area contributed by atoms with E-state index in [2.05, 4.69) is 5.32 Å². The van der Waals surface area contributed by atoms with E-state index in [0.717, 1.165) is 10.6 Å². The van der Waals surface area contributed by atoms with Gasteiger partial charge in [-0.05, 0) is 55.8 Å². The maximum absolute atomic E-state index is 12.9. The minimum Gasteiger partial charge on any atom is -0.494 e. The molecule has 1 unspecified atom stereocenters. The number of imide groups is 1. The molecule has 2 aliphatic heterocycles. The second-order valence-electron chi connectivity index (χ2n) is 8.74. The maximum atomic E-state index is 12.9. The molecule has 0 saturated carbocycles. The Morgan fingerprint density at radius 3 is 2.30 bits per heavy atom. The summed E-state index contributed by atoms with van der Waals surface area (Å²) in [5.41, 5.74) is 1.51. The zero-order chi connectivity index (χ0) is 25.9. The first-order valence-corrected chi connectivity index (χ1v) is 12.0. The van der Waals surface area contributed by atoms with Gasteiger partial charge in [-0.2, -0.15) is 0 Å². The van der Waals surface area contributed by atoms with Gasteiger partial charge in [0.15, 0.2) is 6.10 Å². The Hall–Kier alpha value is -4.66. The van der Waals surface area contributed by atoms with Gasteiger partial charge < -0.3 is 19.7 Å². The van der Waals surface area contributed by atoms with Crippen LogP contribution in [0.2, 0.25) is 0 Å². The fourth-order valence-electron chi connectivity index (χ4n) is 4.37. The number of rotatable bonds is 8. The van der Waals surface area contributed by atoms with E-state index in [1.54, 1.807) is 54.3 Å². The van der Waals surface area contributed by atoms with Crippen molar-refractivity contribution in [3.05, 3.63) is 83.9 Å². The van der Waals surface area contributed by atoms with Crippen molar-refractivity contribution in [2.24, 2.45) is 0 Å². The van der Waals surface area contributed by atoms with Crippen LogP contribution < -0.4 is 19.7 Å². The van der Waals surface area contributed by atoms with Crippen LogP contribution in [0.25, 0.3) is 0 Å². The number of nitrogens with zero attached hydrogens (tertiary/aromatic N) is 2. The van der Waals surface area contributed by atoms with E-state index in [9.17, 15) is 19.2 Å². The largest absolute Gasteiger partial charge is 0.494 e. The van der Waals surface area contributed by atoms with Gasteiger partial charge in [0.1, 0.15) is 18.0 Å². The second kappa shape index (κ2) is 10.1. The predicted octanol–water partition coefficient (Wildman–Crippen LogP) is 3.50. The van der Waals surface area contributed by atoms with E-state index in [0.29, 0.717) is 36.7 Å². The number of hydrogen-bond donors (Lipinski definition) is 1. The first kappa shape index (κ1) is 24.1. The third-order valence-electron chi connectivity index (χ3n) is 6.17. The van der Waals surface area contributed by atoms with Gasteiger partial charge in [-0.3, -0.25) is 24.1 Å². The van der Waals surface area contributed by atoms with Gasteiger partial charge in [0.05, 0.1) is 23.4 Å². The van der Waals surface area contributed by atoms with Crippen molar-refractivity contribution in [1.82, 2.24) is 4.90 Å². The van der Waals surface area contributed by atoms with E-state index in [4.69, 9.17) is 9.47 Å². The molecule has 2 heterocycles. The molecule has 9 nitrogen and oxygen atoms in total. The molecule has 3 aromatic carbocycles. The molecule has 5 rings (SSSR count). The van der Waals surface area contributed by atoms with Crippen LogP contribution in [0.3, 0.4) is 0 Å². The Balaban J connectivity index is 1.25. The van der Waals surface area contributed by atoms with Crippen LogP contribution in [0.15, 0.2) is 72.8 Å². The molecule has 2 aliphatic rings. The molecule has 4 amide bonds. The summed E-state index contributed by atoms with van der Waals surface area (Å²) in [6, 6.07) is 20.9. The Morgan fingerprint density at radius 2 is 1.59 bits per heavy atom. The Morgan fingerprint density at radius 1 is 0.919 bits per heavy atom. The topological polar surface area (TPSA) is 105 Å². The lowest BCUT2D eigenvalue weighted by molar-refractivity contribution is -0.125. The number of amides is 4. The van der Waals surface area contributed by atoms with E-state index in [1.807, 2.05) is 30.3 Å². The summed E-state index contributed by atoms with van der Waals surface area (Å²) in [7, 11) is 0. The second-order valence-corrected chi connectivity index (χ2v) is 8.74. The van der Waals surface area contributed by atoms with Crippen LogP contribution in [-0.2, 0) is 9.59 Å². The summed E-state index contributed by atoms with van der Waals surface area (Å²) in [6.07, 6.45) is -0.0554. The number of carbonyl (C=O) groups excluding carboxylic acids is 4. The minimum atomic E-state index is -0.642. The summed E-state index contributed by atoms with van der Waals surface area (Å²) in [6.45, 7) is 2.10. The molecule has 1 atom stereocenters. The van der Waals surface area contributed by atoms with Gasteiger partial charge in [0.25, 0.3) is 17.7 Å². The Labute approximate surface area is 213 Å². The number of hydrogen-bond acceptors (Lipinski definition) is 6. The van der Waals surface area contributed by atoms with Crippen LogP contribution >= 0.6 is 0 Å². The third kappa shape index (κ3) is 4.88. The van der Waals surface area contributed by atoms with E-state index < -0.39 is 30.4 Å². The normalized spacial score (nSPS) is 16.2. The highest BCUT2D eigenvalue weighted by atomic mass is 16.5. The quantitative estimate of drug-likeness (QED) is 0.376. The van der Waals surface area contributed by atoms with Crippen molar-refractivity contribution in [2.75, 3.05) is 29.9 Å². The SMILES string of the molecule is CC1Oc2ccc(NC(=O)CN3C(=O)c4ccccc4C3=O)cc2N(CCCOc2ccccc2)C1=O. The van der Waals surface area contributed by atoms with Crippen molar-refractivity contribution < 1.29 is 28.7 Å². The molecule has 188 valence electrons. The standard InChI is InChI=1S/C28H25N3O6/c1-18-26(33)30(14-7-15-36-20-8-3-2-4-9-20)23-16-19(12-13-24(23)37-18)29-25(32)17-31-27(34)21-10-5-6-11-22(21)28(31)35/h2-6,8-13,16,18H,7,14-15,17H2,1H3,(H,29,32). The van der Waals surface area contributed by atoms with Crippen molar-refractivity contribution >= 4 is 35.0 Å². The van der Waals surface area contributed by atoms with Crippen molar-refractivity contribution in [3.8, 4) is 11.5 Å². The molecule has 0 radical (unpaired) electrons. The Kier molecular flexibility index (Phi) is 6.59. The number of para-hydroxylation sites is 1. The lowest BCUT2D eigenvalue weighted by Crippen LogP contribution is -2.45. The first-order chi connectivity index (χ1) is 17.9. The lowest BCUT2D eigenvalue weighted by Gasteiger charge is -2.33. The van der Waals surface area contributed by atoms with Gasteiger partial charge in [-0.25, -0.2) is 0 Å². The lowest BCUT2D eigenvalue weighted by atomic mass is 10.1. The summed E-state index contributed by atoms with van der Waals surface area (Å²) in [4.78, 5) is 53.3.